The number of fused-ring (bicyclic) bond motifs is 1. The van der Waals surface area contributed by atoms with E-state index in [2.05, 4.69) is 16.0 Å². The van der Waals surface area contributed by atoms with Crippen LogP contribution < -0.4 is 4.83 Å². The molecule has 3 fully saturated rings. The van der Waals surface area contributed by atoms with Crippen LogP contribution in [0.2, 0.25) is 0 Å². The van der Waals surface area contributed by atoms with Gasteiger partial charge < -0.3 is 4.74 Å². The van der Waals surface area contributed by atoms with Gasteiger partial charge in [-0.05, 0) is 70.4 Å². The highest BCUT2D eigenvalue weighted by molar-refractivity contribution is 7.89. The molecule has 2 saturated carbocycles. The number of ether oxygens (including phenoxy) is 1. The number of allylic oxidation sites excluding steroid dienone is 1. The minimum atomic E-state index is -3.79. The first kappa shape index (κ1) is 18.9. The molecule has 6 nitrogen and oxygen atoms in total. The molecule has 3 aliphatic carbocycles. The van der Waals surface area contributed by atoms with E-state index in [0.29, 0.717) is 5.71 Å². The molecule has 29 heavy (non-hydrogen) atoms. The smallest absolute Gasteiger partial charge is 0.319 e. The summed E-state index contributed by atoms with van der Waals surface area (Å²) in [6, 6.07) is 6.61. The van der Waals surface area contributed by atoms with Crippen LogP contribution in [0.5, 0.6) is 0 Å². The first-order valence-corrected chi connectivity index (χ1v) is 11.9. The zero-order valence-electron chi connectivity index (χ0n) is 16.8. The third kappa shape index (κ3) is 2.31. The average molecular weight is 415 g/mol. The average Bonchev–Trinajstić information content (AvgIpc) is 3.11. The van der Waals surface area contributed by atoms with Crippen LogP contribution in [-0.4, -0.2) is 26.2 Å². The van der Waals surface area contributed by atoms with Gasteiger partial charge in [0.25, 0.3) is 10.0 Å². The summed E-state index contributed by atoms with van der Waals surface area (Å²) >= 11 is 0. The molecule has 7 heteroatoms. The number of esters is 1. The minimum Gasteiger partial charge on any atom is -0.461 e. The van der Waals surface area contributed by atoms with E-state index < -0.39 is 15.4 Å². The van der Waals surface area contributed by atoms with Gasteiger partial charge in [-0.1, -0.05) is 29.3 Å². The lowest BCUT2D eigenvalue weighted by Gasteiger charge is -2.25. The summed E-state index contributed by atoms with van der Waals surface area (Å²) in [6.07, 6.45) is 8.35. The number of hydrogen-bond donors (Lipinski definition) is 1. The minimum absolute atomic E-state index is 0.0943. The normalized spacial score (nSPS) is 35.7. The third-order valence-electron chi connectivity index (χ3n) is 7.50. The zero-order chi connectivity index (χ0) is 20.4. The fourth-order valence-electron chi connectivity index (χ4n) is 6.31. The van der Waals surface area contributed by atoms with Crippen molar-refractivity contribution in [3.05, 3.63) is 41.5 Å². The van der Waals surface area contributed by atoms with Crippen LogP contribution in [0.1, 0.15) is 51.0 Å². The molecule has 1 aromatic carbocycles. The van der Waals surface area contributed by atoms with Crippen LogP contribution in [0, 0.1) is 23.7 Å². The van der Waals surface area contributed by atoms with Crippen molar-refractivity contribution in [2.24, 2.45) is 21.8 Å². The van der Waals surface area contributed by atoms with Crippen molar-refractivity contribution in [1.82, 2.24) is 4.83 Å². The molecule has 0 amide bonds. The summed E-state index contributed by atoms with van der Waals surface area (Å²) in [5.41, 5.74) is 1.74. The second-order valence-corrected chi connectivity index (χ2v) is 10.4. The highest BCUT2D eigenvalue weighted by Gasteiger charge is 2.92. The first-order chi connectivity index (χ1) is 13.8. The van der Waals surface area contributed by atoms with Crippen molar-refractivity contribution in [3.63, 3.8) is 0 Å². The summed E-state index contributed by atoms with van der Waals surface area (Å²) in [6.45, 7) is 3.67. The molecule has 5 rings (SSSR count). The Balaban J connectivity index is 1.49. The van der Waals surface area contributed by atoms with Gasteiger partial charge in [0, 0.05) is 0 Å². The molecular weight excluding hydrogens is 388 g/mol. The molecule has 0 unspecified atom stereocenters. The predicted octanol–water partition coefficient (Wildman–Crippen LogP) is 3.47. The number of sulfonamides is 1. The Kier molecular flexibility index (Phi) is 4.01. The van der Waals surface area contributed by atoms with E-state index in [9.17, 15) is 13.2 Å². The standard InChI is InChI=1S/C22H26N2O4S/c1-14-8-10-17(11-9-14)29(26,27)24-23-15(2)21-18-12-13-19(28-20(21)25)22(18,21)16-6-4-3-5-7-16/h6,8-11,18-19,24H,3-5,7,12-13H2,1-2H3/b23-15+/t18-,19-,21-,22+/m0/s1. The van der Waals surface area contributed by atoms with Gasteiger partial charge in [-0.25, -0.2) is 4.83 Å². The SMILES string of the molecule is C/C(=N\NS(=O)(=O)c1ccc(C)cc1)[C@@]12C(=O)O[C@H]3CC[C@@H]1[C@]32C1=CCCCC1. The molecule has 1 heterocycles. The lowest BCUT2D eigenvalue weighted by molar-refractivity contribution is -0.146. The Morgan fingerprint density at radius 3 is 2.66 bits per heavy atom. The molecular formula is C22H26N2O4S. The fraction of sp³-hybridized carbons (Fsp3) is 0.545. The van der Waals surface area contributed by atoms with Crippen LogP contribution in [-0.2, 0) is 19.6 Å². The number of benzene rings is 1. The molecule has 1 N–H and O–H groups in total. The van der Waals surface area contributed by atoms with E-state index in [1.165, 1.54) is 12.0 Å². The van der Waals surface area contributed by atoms with Crippen molar-refractivity contribution >= 4 is 21.7 Å². The van der Waals surface area contributed by atoms with Crippen molar-refractivity contribution in [3.8, 4) is 0 Å². The van der Waals surface area contributed by atoms with Gasteiger partial charge in [0.15, 0.2) is 0 Å². The number of nitrogens with zero attached hydrogens (tertiary/aromatic N) is 1. The quantitative estimate of drug-likeness (QED) is 0.346. The maximum absolute atomic E-state index is 13.0. The van der Waals surface area contributed by atoms with Crippen molar-refractivity contribution in [2.45, 2.75) is 63.4 Å². The molecule has 154 valence electrons. The molecule has 1 saturated heterocycles. The van der Waals surface area contributed by atoms with Gasteiger partial charge >= 0.3 is 5.97 Å². The number of aryl methyl sites for hydroxylation is 1. The molecule has 0 bridgehead atoms. The van der Waals surface area contributed by atoms with E-state index in [1.54, 1.807) is 31.2 Å². The van der Waals surface area contributed by atoms with E-state index >= 15 is 0 Å². The van der Waals surface area contributed by atoms with E-state index in [1.807, 2.05) is 6.92 Å². The number of carbonyl (C=O) groups excluding carboxylic acids is 1. The molecule has 1 aliphatic heterocycles. The Hall–Kier alpha value is -2.15. The number of carbonyl (C=O) groups is 1. The number of hydrogen-bond acceptors (Lipinski definition) is 5. The number of nitrogens with one attached hydrogen (secondary N) is 1. The molecule has 0 radical (unpaired) electrons. The Morgan fingerprint density at radius 1 is 1.21 bits per heavy atom. The highest BCUT2D eigenvalue weighted by atomic mass is 32.2. The van der Waals surface area contributed by atoms with Crippen LogP contribution >= 0.6 is 0 Å². The summed E-state index contributed by atoms with van der Waals surface area (Å²) in [5, 5.41) is 4.25. The molecule has 4 aliphatic rings. The van der Waals surface area contributed by atoms with Crippen molar-refractivity contribution in [1.29, 1.82) is 0 Å². The fourth-order valence-corrected chi connectivity index (χ4v) is 7.17. The van der Waals surface area contributed by atoms with Gasteiger partial charge in [0.1, 0.15) is 11.5 Å². The summed E-state index contributed by atoms with van der Waals surface area (Å²) in [4.78, 5) is 15.5. The van der Waals surface area contributed by atoms with Gasteiger partial charge in [0.2, 0.25) is 0 Å². The Morgan fingerprint density at radius 2 is 1.97 bits per heavy atom. The lowest BCUT2D eigenvalue weighted by atomic mass is 9.77. The van der Waals surface area contributed by atoms with Crippen molar-refractivity contribution in [2.75, 3.05) is 0 Å². The molecule has 0 aromatic heterocycles. The largest absolute Gasteiger partial charge is 0.461 e. The zero-order valence-corrected chi connectivity index (χ0v) is 17.6. The van der Waals surface area contributed by atoms with Crippen LogP contribution in [0.4, 0.5) is 0 Å². The Labute approximate surface area is 171 Å². The molecule has 0 spiro atoms. The van der Waals surface area contributed by atoms with E-state index in [0.717, 1.165) is 37.7 Å². The summed E-state index contributed by atoms with van der Waals surface area (Å²) < 4.78 is 31.1. The highest BCUT2D eigenvalue weighted by Crippen LogP contribution is 2.85. The monoisotopic (exact) mass is 414 g/mol. The lowest BCUT2D eigenvalue weighted by Crippen LogP contribution is -2.31. The molecule has 4 atom stereocenters. The molecule has 1 aromatic rings. The predicted molar refractivity (Wildman–Crippen MR) is 109 cm³/mol. The van der Waals surface area contributed by atoms with E-state index in [4.69, 9.17) is 4.74 Å². The van der Waals surface area contributed by atoms with Crippen LogP contribution in [0.15, 0.2) is 45.9 Å². The second kappa shape index (κ2) is 6.17. The first-order valence-electron chi connectivity index (χ1n) is 10.4. The summed E-state index contributed by atoms with van der Waals surface area (Å²) in [7, 11) is -3.79. The van der Waals surface area contributed by atoms with Crippen LogP contribution in [0.25, 0.3) is 0 Å². The topological polar surface area (TPSA) is 84.8 Å². The second-order valence-electron chi connectivity index (χ2n) is 8.78. The number of hydrazone groups is 1. The van der Waals surface area contributed by atoms with Gasteiger partial charge in [0.05, 0.1) is 16.0 Å². The van der Waals surface area contributed by atoms with E-state index in [-0.39, 0.29) is 28.3 Å². The van der Waals surface area contributed by atoms with Crippen LogP contribution in [0.3, 0.4) is 0 Å². The number of rotatable bonds is 5. The maximum atomic E-state index is 13.0. The van der Waals surface area contributed by atoms with Gasteiger partial charge in [-0.2, -0.15) is 13.5 Å². The van der Waals surface area contributed by atoms with Gasteiger partial charge in [-0.15, -0.1) is 0 Å². The van der Waals surface area contributed by atoms with Gasteiger partial charge in [-0.3, -0.25) is 4.79 Å². The summed E-state index contributed by atoms with van der Waals surface area (Å²) in [5.74, 6) is -0.0505. The van der Waals surface area contributed by atoms with Crippen molar-refractivity contribution < 1.29 is 17.9 Å². The Bertz CT molecular complexity index is 1040. The maximum Gasteiger partial charge on any atom is 0.319 e. The third-order valence-corrected chi connectivity index (χ3v) is 8.72.